The van der Waals surface area contributed by atoms with Crippen LogP contribution in [0.5, 0.6) is 0 Å². The molecule has 3 nitrogen and oxygen atoms in total. The summed E-state index contributed by atoms with van der Waals surface area (Å²) in [7, 11) is 0. The highest BCUT2D eigenvalue weighted by atomic mass is 16.8. The third-order valence-electron chi connectivity index (χ3n) is 6.72. The van der Waals surface area contributed by atoms with Crippen LogP contribution in [-0.2, 0) is 20.8 Å². The highest BCUT2D eigenvalue weighted by molar-refractivity contribution is 5.21. The molecule has 0 amide bonds. The average molecular weight is 302 g/mol. The van der Waals surface area contributed by atoms with Gasteiger partial charge in [0.15, 0.2) is 5.79 Å². The lowest BCUT2D eigenvalue weighted by Crippen LogP contribution is -2.52. The van der Waals surface area contributed by atoms with E-state index >= 15 is 0 Å². The summed E-state index contributed by atoms with van der Waals surface area (Å²) in [5, 5.41) is 0. The van der Waals surface area contributed by atoms with Crippen molar-refractivity contribution in [2.75, 3.05) is 13.2 Å². The fourth-order valence-electron chi connectivity index (χ4n) is 5.18. The van der Waals surface area contributed by atoms with Gasteiger partial charge in [-0.15, -0.1) is 0 Å². The molecule has 4 rings (SSSR count). The summed E-state index contributed by atoms with van der Waals surface area (Å²) in [5.41, 5.74) is 1.50. The molecule has 3 atom stereocenters. The van der Waals surface area contributed by atoms with Gasteiger partial charge in [-0.3, -0.25) is 0 Å². The van der Waals surface area contributed by atoms with Crippen molar-refractivity contribution >= 4 is 0 Å². The standard InChI is InChI=1S/C19H26O3/c1-17(2)15-9-10-18(17,3)16(19(15)21-11-12-22-19)20-13-14-7-5-4-6-8-14/h4-8,15-16H,9-13H2,1-3H3. The topological polar surface area (TPSA) is 27.7 Å². The Morgan fingerprint density at radius 2 is 1.77 bits per heavy atom. The molecule has 2 aliphatic carbocycles. The van der Waals surface area contributed by atoms with Crippen molar-refractivity contribution < 1.29 is 14.2 Å². The lowest BCUT2D eigenvalue weighted by molar-refractivity contribution is -0.268. The van der Waals surface area contributed by atoms with Crippen LogP contribution < -0.4 is 0 Å². The van der Waals surface area contributed by atoms with Crippen LogP contribution in [0.25, 0.3) is 0 Å². The highest BCUT2D eigenvalue weighted by Crippen LogP contribution is 2.71. The van der Waals surface area contributed by atoms with Gasteiger partial charge in [-0.05, 0) is 23.8 Å². The van der Waals surface area contributed by atoms with Crippen LogP contribution in [0.15, 0.2) is 30.3 Å². The van der Waals surface area contributed by atoms with Crippen LogP contribution in [0, 0.1) is 16.7 Å². The molecule has 3 heteroatoms. The second-order valence-corrected chi connectivity index (χ2v) is 7.83. The number of hydrogen-bond acceptors (Lipinski definition) is 3. The van der Waals surface area contributed by atoms with Gasteiger partial charge in [-0.2, -0.15) is 0 Å². The quantitative estimate of drug-likeness (QED) is 0.850. The van der Waals surface area contributed by atoms with Crippen LogP contribution in [0.2, 0.25) is 0 Å². The van der Waals surface area contributed by atoms with Crippen molar-refractivity contribution in [1.29, 1.82) is 0 Å². The van der Waals surface area contributed by atoms with E-state index in [0.717, 1.165) is 0 Å². The van der Waals surface area contributed by atoms with Gasteiger partial charge in [0.2, 0.25) is 0 Å². The first-order chi connectivity index (χ1) is 10.5. The van der Waals surface area contributed by atoms with Gasteiger partial charge in [0.25, 0.3) is 0 Å². The molecule has 1 aromatic rings. The molecule has 3 fully saturated rings. The number of benzene rings is 1. The minimum absolute atomic E-state index is 0.0106. The maximum atomic E-state index is 6.45. The molecule has 1 spiro atoms. The molecule has 1 aliphatic heterocycles. The molecular formula is C19H26O3. The first kappa shape index (κ1) is 14.7. The van der Waals surface area contributed by atoms with E-state index in [-0.39, 0.29) is 16.9 Å². The summed E-state index contributed by atoms with van der Waals surface area (Å²) in [4.78, 5) is 0. The van der Waals surface area contributed by atoms with Crippen molar-refractivity contribution in [3.8, 4) is 0 Å². The Kier molecular flexibility index (Phi) is 3.20. The van der Waals surface area contributed by atoms with Crippen LogP contribution in [0.3, 0.4) is 0 Å². The van der Waals surface area contributed by atoms with Crippen molar-refractivity contribution in [1.82, 2.24) is 0 Å². The van der Waals surface area contributed by atoms with Crippen LogP contribution in [0.1, 0.15) is 39.2 Å². The van der Waals surface area contributed by atoms with Gasteiger partial charge in [0.1, 0.15) is 6.10 Å². The molecule has 0 aromatic heterocycles. The molecule has 0 N–H and O–H groups in total. The molecule has 1 saturated heterocycles. The van der Waals surface area contributed by atoms with E-state index in [1.165, 1.54) is 18.4 Å². The van der Waals surface area contributed by atoms with E-state index in [9.17, 15) is 0 Å². The fraction of sp³-hybridized carbons (Fsp3) is 0.684. The average Bonchev–Trinajstić information content (AvgIpc) is 3.09. The predicted octanol–water partition coefficient (Wildman–Crippen LogP) is 3.77. The van der Waals surface area contributed by atoms with E-state index in [4.69, 9.17) is 14.2 Å². The minimum Gasteiger partial charge on any atom is -0.367 e. The van der Waals surface area contributed by atoms with Gasteiger partial charge in [0, 0.05) is 11.3 Å². The summed E-state index contributed by atoms with van der Waals surface area (Å²) >= 11 is 0. The van der Waals surface area contributed by atoms with Crippen molar-refractivity contribution in [3.05, 3.63) is 35.9 Å². The number of hydrogen-bond donors (Lipinski definition) is 0. The zero-order valence-electron chi connectivity index (χ0n) is 13.8. The van der Waals surface area contributed by atoms with E-state index in [1.54, 1.807) is 0 Å². The molecule has 3 aliphatic rings. The molecule has 0 radical (unpaired) electrons. The van der Waals surface area contributed by atoms with Gasteiger partial charge in [-0.1, -0.05) is 51.1 Å². The molecule has 3 unspecified atom stereocenters. The number of fused-ring (bicyclic) bond motifs is 3. The van der Waals surface area contributed by atoms with Gasteiger partial charge in [0.05, 0.1) is 19.8 Å². The zero-order chi connectivity index (χ0) is 15.4. The van der Waals surface area contributed by atoms with E-state index in [2.05, 4.69) is 45.0 Å². The van der Waals surface area contributed by atoms with Crippen molar-refractivity contribution in [2.45, 2.75) is 52.1 Å². The maximum Gasteiger partial charge on any atom is 0.198 e. The smallest absolute Gasteiger partial charge is 0.198 e. The molecule has 2 saturated carbocycles. The van der Waals surface area contributed by atoms with Crippen molar-refractivity contribution in [2.24, 2.45) is 16.7 Å². The lowest BCUT2D eigenvalue weighted by Gasteiger charge is -2.42. The Morgan fingerprint density at radius 3 is 2.45 bits per heavy atom. The SMILES string of the molecule is CC1(C)C2CCC1(C)C(OCc1ccccc1)C21OCCO1. The normalized spacial score (nSPS) is 38.0. The molecule has 22 heavy (non-hydrogen) atoms. The Labute approximate surface area is 132 Å². The van der Waals surface area contributed by atoms with Crippen molar-refractivity contribution in [3.63, 3.8) is 0 Å². The van der Waals surface area contributed by atoms with Gasteiger partial charge >= 0.3 is 0 Å². The summed E-state index contributed by atoms with van der Waals surface area (Å²) < 4.78 is 18.8. The van der Waals surface area contributed by atoms with Gasteiger partial charge < -0.3 is 14.2 Å². The number of ether oxygens (including phenoxy) is 3. The summed E-state index contributed by atoms with van der Waals surface area (Å²) in [6.45, 7) is 9.09. The lowest BCUT2D eigenvalue weighted by atomic mass is 9.70. The Morgan fingerprint density at radius 1 is 1.09 bits per heavy atom. The van der Waals surface area contributed by atoms with E-state index < -0.39 is 5.79 Å². The number of rotatable bonds is 3. The maximum absolute atomic E-state index is 6.45. The Balaban J connectivity index is 1.64. The van der Waals surface area contributed by atoms with Crippen LogP contribution in [0.4, 0.5) is 0 Å². The summed E-state index contributed by atoms with van der Waals surface area (Å²) in [5.74, 6) is -0.0982. The van der Waals surface area contributed by atoms with Crippen LogP contribution >= 0.6 is 0 Å². The Bertz CT molecular complexity index is 547. The third-order valence-corrected chi connectivity index (χ3v) is 6.72. The molecule has 1 heterocycles. The molecule has 1 aromatic carbocycles. The first-order valence-corrected chi connectivity index (χ1v) is 8.44. The zero-order valence-corrected chi connectivity index (χ0v) is 13.8. The monoisotopic (exact) mass is 302 g/mol. The summed E-state index contributed by atoms with van der Waals surface area (Å²) in [6.07, 6.45) is 2.38. The van der Waals surface area contributed by atoms with E-state index in [1.807, 2.05) is 6.07 Å². The third kappa shape index (κ3) is 1.73. The highest BCUT2D eigenvalue weighted by Gasteiger charge is 2.76. The first-order valence-electron chi connectivity index (χ1n) is 8.44. The molecule has 120 valence electrons. The fourth-order valence-corrected chi connectivity index (χ4v) is 5.18. The van der Waals surface area contributed by atoms with Gasteiger partial charge in [-0.25, -0.2) is 0 Å². The van der Waals surface area contributed by atoms with Crippen LogP contribution in [-0.4, -0.2) is 25.1 Å². The molecular weight excluding hydrogens is 276 g/mol. The minimum atomic E-state index is -0.523. The second-order valence-electron chi connectivity index (χ2n) is 7.83. The van der Waals surface area contributed by atoms with E-state index in [0.29, 0.717) is 25.7 Å². The predicted molar refractivity (Wildman–Crippen MR) is 84.3 cm³/mol. The largest absolute Gasteiger partial charge is 0.367 e. The Hall–Kier alpha value is -0.900. The summed E-state index contributed by atoms with van der Waals surface area (Å²) in [6, 6.07) is 10.4. The molecule has 2 bridgehead atoms. The second kappa shape index (κ2) is 4.80.